The van der Waals surface area contributed by atoms with Crippen LogP contribution >= 0.6 is 0 Å². The quantitative estimate of drug-likeness (QED) is 0.748. The predicted octanol–water partition coefficient (Wildman–Crippen LogP) is 3.58. The minimum absolute atomic E-state index is 0.0132. The maximum absolute atomic E-state index is 13.1. The van der Waals surface area contributed by atoms with Gasteiger partial charge in [0.1, 0.15) is 6.04 Å². The Morgan fingerprint density at radius 1 is 0.867 bits per heavy atom. The van der Waals surface area contributed by atoms with Gasteiger partial charge in [-0.25, -0.2) is 0 Å². The van der Waals surface area contributed by atoms with E-state index in [0.717, 1.165) is 31.4 Å². The molecule has 1 saturated heterocycles. The molecular weight excluding hydrogens is 378 g/mol. The van der Waals surface area contributed by atoms with Crippen molar-refractivity contribution in [3.05, 3.63) is 30.3 Å². The van der Waals surface area contributed by atoms with Gasteiger partial charge in [0.25, 0.3) is 0 Å². The number of carbonyl (C=O) groups excluding carboxylic acids is 3. The second-order valence-corrected chi connectivity index (χ2v) is 9.02. The lowest BCUT2D eigenvalue weighted by Crippen LogP contribution is -2.54. The molecule has 1 unspecified atom stereocenters. The Kier molecular flexibility index (Phi) is 7.88. The Balaban J connectivity index is 1.51. The van der Waals surface area contributed by atoms with E-state index < -0.39 is 6.04 Å². The van der Waals surface area contributed by atoms with E-state index in [-0.39, 0.29) is 35.5 Å². The Morgan fingerprint density at radius 2 is 1.47 bits per heavy atom. The van der Waals surface area contributed by atoms with Gasteiger partial charge in [0.15, 0.2) is 0 Å². The largest absolute Gasteiger partial charge is 0.344 e. The van der Waals surface area contributed by atoms with E-state index >= 15 is 0 Å². The van der Waals surface area contributed by atoms with E-state index in [2.05, 4.69) is 10.6 Å². The van der Waals surface area contributed by atoms with Crippen LogP contribution in [-0.2, 0) is 14.4 Å². The number of likely N-dealkylation sites (tertiary alicyclic amines) is 1. The summed E-state index contributed by atoms with van der Waals surface area (Å²) in [5.41, 5.74) is 0.798. The van der Waals surface area contributed by atoms with Gasteiger partial charge in [0.05, 0.1) is 0 Å². The molecular formula is C24H35N3O3. The molecule has 2 N–H and O–H groups in total. The van der Waals surface area contributed by atoms with Crippen molar-refractivity contribution in [3.63, 3.8) is 0 Å². The van der Waals surface area contributed by atoms with Crippen LogP contribution in [0.25, 0.3) is 0 Å². The first kappa shape index (κ1) is 22.3. The monoisotopic (exact) mass is 413 g/mol. The SMILES string of the molecule is CC(C)C(NC(=O)C1CCCCC1)C(=O)N1CCC(C(=O)Nc2ccccc2)CC1. The van der Waals surface area contributed by atoms with Crippen molar-refractivity contribution >= 4 is 23.4 Å². The van der Waals surface area contributed by atoms with Gasteiger partial charge in [0.2, 0.25) is 17.7 Å². The zero-order valence-corrected chi connectivity index (χ0v) is 18.2. The topological polar surface area (TPSA) is 78.5 Å². The highest BCUT2D eigenvalue weighted by Crippen LogP contribution is 2.25. The zero-order valence-electron chi connectivity index (χ0n) is 18.2. The van der Waals surface area contributed by atoms with Gasteiger partial charge in [-0.2, -0.15) is 0 Å². The van der Waals surface area contributed by atoms with Gasteiger partial charge in [-0.05, 0) is 43.7 Å². The first-order valence-electron chi connectivity index (χ1n) is 11.4. The molecule has 1 saturated carbocycles. The van der Waals surface area contributed by atoms with Crippen LogP contribution < -0.4 is 10.6 Å². The van der Waals surface area contributed by atoms with E-state index in [9.17, 15) is 14.4 Å². The lowest BCUT2D eigenvalue weighted by atomic mass is 9.88. The van der Waals surface area contributed by atoms with Crippen LogP contribution in [0.4, 0.5) is 5.69 Å². The molecule has 0 bridgehead atoms. The summed E-state index contributed by atoms with van der Waals surface area (Å²) in [7, 11) is 0. The van der Waals surface area contributed by atoms with Crippen LogP contribution in [0, 0.1) is 17.8 Å². The molecule has 0 radical (unpaired) electrons. The summed E-state index contributed by atoms with van der Waals surface area (Å²) >= 11 is 0. The lowest BCUT2D eigenvalue weighted by molar-refractivity contribution is -0.140. The van der Waals surface area contributed by atoms with Crippen LogP contribution in [-0.4, -0.2) is 41.8 Å². The van der Waals surface area contributed by atoms with E-state index in [1.54, 1.807) is 0 Å². The van der Waals surface area contributed by atoms with Gasteiger partial charge in [-0.15, -0.1) is 0 Å². The van der Waals surface area contributed by atoms with Crippen molar-refractivity contribution in [2.45, 2.75) is 64.8 Å². The van der Waals surface area contributed by atoms with Crippen LogP contribution in [0.15, 0.2) is 30.3 Å². The number of hydrogen-bond donors (Lipinski definition) is 2. The van der Waals surface area contributed by atoms with Crippen LogP contribution in [0.1, 0.15) is 58.8 Å². The minimum Gasteiger partial charge on any atom is -0.344 e. The molecule has 30 heavy (non-hydrogen) atoms. The minimum atomic E-state index is -0.492. The fourth-order valence-electron chi connectivity index (χ4n) is 4.47. The maximum Gasteiger partial charge on any atom is 0.245 e. The molecule has 0 aromatic heterocycles. The summed E-state index contributed by atoms with van der Waals surface area (Å²) in [6.45, 7) is 5.05. The molecule has 6 nitrogen and oxygen atoms in total. The van der Waals surface area contributed by atoms with E-state index in [1.807, 2.05) is 49.1 Å². The number of nitrogens with zero attached hydrogens (tertiary/aromatic N) is 1. The fourth-order valence-corrected chi connectivity index (χ4v) is 4.47. The Bertz CT molecular complexity index is 720. The molecule has 1 aliphatic heterocycles. The number of rotatable bonds is 6. The van der Waals surface area contributed by atoms with Crippen LogP contribution in [0.2, 0.25) is 0 Å². The molecule has 3 rings (SSSR count). The van der Waals surface area contributed by atoms with E-state index in [4.69, 9.17) is 0 Å². The molecule has 1 aromatic carbocycles. The summed E-state index contributed by atoms with van der Waals surface area (Å²) in [5, 5.41) is 6.00. The summed E-state index contributed by atoms with van der Waals surface area (Å²) in [5.74, 6) is 0.00205. The second kappa shape index (κ2) is 10.6. The Hall–Kier alpha value is -2.37. The average Bonchev–Trinajstić information content (AvgIpc) is 2.78. The van der Waals surface area contributed by atoms with Gasteiger partial charge >= 0.3 is 0 Å². The Morgan fingerprint density at radius 3 is 2.07 bits per heavy atom. The van der Waals surface area contributed by atoms with Gasteiger partial charge < -0.3 is 15.5 Å². The molecule has 6 heteroatoms. The van der Waals surface area contributed by atoms with Crippen molar-refractivity contribution in [2.24, 2.45) is 17.8 Å². The van der Waals surface area contributed by atoms with Crippen LogP contribution in [0.3, 0.4) is 0 Å². The summed E-state index contributed by atoms with van der Waals surface area (Å²) in [4.78, 5) is 40.2. The predicted molar refractivity (Wildman–Crippen MR) is 118 cm³/mol. The maximum atomic E-state index is 13.1. The molecule has 1 atom stereocenters. The number of para-hydroxylation sites is 1. The van der Waals surface area contributed by atoms with Crippen molar-refractivity contribution in [1.82, 2.24) is 10.2 Å². The number of nitrogens with one attached hydrogen (secondary N) is 2. The Labute approximate surface area is 179 Å². The van der Waals surface area contributed by atoms with E-state index in [0.29, 0.717) is 25.9 Å². The lowest BCUT2D eigenvalue weighted by Gasteiger charge is -2.35. The highest BCUT2D eigenvalue weighted by molar-refractivity contribution is 5.93. The third-order valence-electron chi connectivity index (χ3n) is 6.43. The first-order valence-corrected chi connectivity index (χ1v) is 11.4. The molecule has 3 amide bonds. The van der Waals surface area contributed by atoms with Gasteiger partial charge in [0, 0.05) is 30.6 Å². The molecule has 164 valence electrons. The van der Waals surface area contributed by atoms with Crippen molar-refractivity contribution < 1.29 is 14.4 Å². The van der Waals surface area contributed by atoms with Crippen molar-refractivity contribution in [1.29, 1.82) is 0 Å². The summed E-state index contributed by atoms with van der Waals surface area (Å²) < 4.78 is 0. The zero-order chi connectivity index (χ0) is 21.5. The second-order valence-electron chi connectivity index (χ2n) is 9.02. The summed E-state index contributed by atoms with van der Waals surface area (Å²) in [6, 6.07) is 8.96. The third-order valence-corrected chi connectivity index (χ3v) is 6.43. The average molecular weight is 414 g/mol. The molecule has 0 spiro atoms. The number of piperidine rings is 1. The number of anilines is 1. The van der Waals surface area contributed by atoms with E-state index in [1.165, 1.54) is 6.42 Å². The highest BCUT2D eigenvalue weighted by atomic mass is 16.2. The van der Waals surface area contributed by atoms with Crippen molar-refractivity contribution in [2.75, 3.05) is 18.4 Å². The highest BCUT2D eigenvalue weighted by Gasteiger charge is 2.34. The molecule has 2 fully saturated rings. The number of hydrogen-bond acceptors (Lipinski definition) is 3. The number of amides is 3. The number of carbonyl (C=O) groups is 3. The standard InChI is InChI=1S/C24H35N3O3/c1-17(2)21(26-23(29)18-9-5-3-6-10-18)24(30)27-15-13-19(14-16-27)22(28)25-20-11-7-4-8-12-20/h4,7-8,11-12,17-19,21H,3,5-6,9-10,13-16H2,1-2H3,(H,25,28)(H,26,29). The molecule has 1 aromatic rings. The normalized spacial score (nSPS) is 19.4. The third kappa shape index (κ3) is 5.83. The summed E-state index contributed by atoms with van der Waals surface area (Å²) in [6.07, 6.45) is 6.52. The first-order chi connectivity index (χ1) is 14.5. The molecule has 1 heterocycles. The number of benzene rings is 1. The fraction of sp³-hybridized carbons (Fsp3) is 0.625. The van der Waals surface area contributed by atoms with Crippen LogP contribution in [0.5, 0.6) is 0 Å². The molecule has 1 aliphatic carbocycles. The van der Waals surface area contributed by atoms with Crippen molar-refractivity contribution in [3.8, 4) is 0 Å². The smallest absolute Gasteiger partial charge is 0.245 e. The molecule has 2 aliphatic rings. The van der Waals surface area contributed by atoms with Gasteiger partial charge in [-0.3, -0.25) is 14.4 Å². The van der Waals surface area contributed by atoms with Gasteiger partial charge in [-0.1, -0.05) is 51.3 Å².